The molecule has 1 aromatic rings. The molecule has 0 aromatic heterocycles. The summed E-state index contributed by atoms with van der Waals surface area (Å²) in [6.07, 6.45) is -1.54. The Morgan fingerprint density at radius 1 is 1.24 bits per heavy atom. The Kier molecular flexibility index (Phi) is 3.16. The highest BCUT2D eigenvalue weighted by Gasteiger charge is 2.30. The van der Waals surface area contributed by atoms with E-state index >= 15 is 0 Å². The number of nitrogens with zero attached hydrogens (tertiary/aromatic N) is 2. The fourth-order valence-electron chi connectivity index (χ4n) is 1.99. The topological polar surface area (TPSA) is 102 Å². The zero-order valence-electron chi connectivity index (χ0n) is 9.19. The van der Waals surface area contributed by atoms with E-state index in [1.54, 1.807) is 18.2 Å². The minimum Gasteiger partial charge on any atom is -0.409 e. The molecule has 1 heterocycles. The largest absolute Gasteiger partial charge is 0.409 e. The van der Waals surface area contributed by atoms with Crippen LogP contribution in [0.4, 0.5) is 5.69 Å². The van der Waals surface area contributed by atoms with Gasteiger partial charge in [-0.05, 0) is 12.1 Å². The normalized spacial score (nSPS) is 25.3. The number of β-amino-alcohol motifs (C(OH)–C–C–N with tert-alkyl or cyclic N) is 2. The first-order chi connectivity index (χ1) is 8.13. The third-order valence-electron chi connectivity index (χ3n) is 2.89. The molecule has 0 amide bonds. The van der Waals surface area contributed by atoms with Gasteiger partial charge in [0, 0.05) is 24.3 Å². The third kappa shape index (κ3) is 2.17. The number of rotatable bonds is 2. The van der Waals surface area contributed by atoms with E-state index in [0.29, 0.717) is 18.7 Å². The maximum atomic E-state index is 9.51. The number of oxime groups is 1. The van der Waals surface area contributed by atoms with Crippen LogP contribution in [0.5, 0.6) is 0 Å². The molecule has 0 radical (unpaired) electrons. The molecule has 2 unspecified atom stereocenters. The Balaban J connectivity index is 2.33. The minimum absolute atomic E-state index is 0.0106. The zero-order chi connectivity index (χ0) is 12.4. The van der Waals surface area contributed by atoms with Crippen molar-refractivity contribution in [1.82, 2.24) is 0 Å². The van der Waals surface area contributed by atoms with Crippen molar-refractivity contribution in [1.29, 1.82) is 0 Å². The van der Waals surface area contributed by atoms with Crippen molar-refractivity contribution in [2.24, 2.45) is 10.9 Å². The molecular weight excluding hydrogens is 222 g/mol. The maximum Gasteiger partial charge on any atom is 0.172 e. The molecule has 1 fully saturated rings. The van der Waals surface area contributed by atoms with Crippen LogP contribution in [0.3, 0.4) is 0 Å². The van der Waals surface area contributed by atoms with Crippen LogP contribution in [0.1, 0.15) is 5.56 Å². The van der Waals surface area contributed by atoms with Crippen molar-refractivity contribution in [3.8, 4) is 0 Å². The summed E-state index contributed by atoms with van der Waals surface area (Å²) < 4.78 is 0. The molecule has 2 rings (SSSR count). The average molecular weight is 237 g/mol. The van der Waals surface area contributed by atoms with Crippen LogP contribution in [-0.4, -0.2) is 46.6 Å². The Morgan fingerprint density at radius 3 is 2.41 bits per heavy atom. The van der Waals surface area contributed by atoms with E-state index in [2.05, 4.69) is 5.16 Å². The second kappa shape index (κ2) is 4.60. The summed E-state index contributed by atoms with van der Waals surface area (Å²) in [6.45, 7) is 0.660. The number of para-hydroxylation sites is 1. The van der Waals surface area contributed by atoms with E-state index in [-0.39, 0.29) is 5.84 Å². The summed E-state index contributed by atoms with van der Waals surface area (Å²) in [4.78, 5) is 1.81. The summed E-state index contributed by atoms with van der Waals surface area (Å²) in [5.41, 5.74) is 6.89. The molecule has 2 atom stereocenters. The first-order valence-electron chi connectivity index (χ1n) is 5.31. The zero-order valence-corrected chi connectivity index (χ0v) is 9.19. The molecule has 5 N–H and O–H groups in total. The lowest BCUT2D eigenvalue weighted by molar-refractivity contribution is 0.0572. The van der Waals surface area contributed by atoms with Gasteiger partial charge >= 0.3 is 0 Å². The molecule has 92 valence electrons. The van der Waals surface area contributed by atoms with Crippen molar-refractivity contribution in [2.45, 2.75) is 12.2 Å². The molecule has 0 saturated carbocycles. The fraction of sp³-hybridized carbons (Fsp3) is 0.364. The van der Waals surface area contributed by atoms with Crippen molar-refractivity contribution < 1.29 is 15.4 Å². The quantitative estimate of drug-likeness (QED) is 0.236. The lowest BCUT2D eigenvalue weighted by atomic mass is 10.1. The van der Waals surface area contributed by atoms with Gasteiger partial charge in [0.05, 0.1) is 12.2 Å². The second-order valence-electron chi connectivity index (χ2n) is 4.04. The number of hydrogen-bond donors (Lipinski definition) is 4. The lowest BCUT2D eigenvalue weighted by Crippen LogP contribution is -2.25. The number of aliphatic hydroxyl groups is 2. The number of amidine groups is 1. The fourth-order valence-corrected chi connectivity index (χ4v) is 1.99. The van der Waals surface area contributed by atoms with Crippen LogP contribution >= 0.6 is 0 Å². The standard InChI is InChI=1S/C11H15N3O3/c12-11(13-17)7-3-1-2-4-8(7)14-5-9(15)10(16)6-14/h1-4,9-10,15-17H,5-6H2,(H2,12,13). The number of aliphatic hydroxyl groups excluding tert-OH is 2. The third-order valence-corrected chi connectivity index (χ3v) is 2.89. The molecule has 6 heteroatoms. The highest BCUT2D eigenvalue weighted by atomic mass is 16.4. The maximum absolute atomic E-state index is 9.51. The Hall–Kier alpha value is -1.79. The van der Waals surface area contributed by atoms with Crippen LogP contribution in [0.2, 0.25) is 0 Å². The number of nitrogens with two attached hydrogens (primary N) is 1. The molecule has 1 aliphatic heterocycles. The van der Waals surface area contributed by atoms with Gasteiger partial charge in [0.2, 0.25) is 0 Å². The van der Waals surface area contributed by atoms with Crippen molar-refractivity contribution >= 4 is 11.5 Å². The van der Waals surface area contributed by atoms with Crippen molar-refractivity contribution in [3.05, 3.63) is 29.8 Å². The van der Waals surface area contributed by atoms with E-state index in [0.717, 1.165) is 5.69 Å². The van der Waals surface area contributed by atoms with E-state index in [1.807, 2.05) is 11.0 Å². The summed E-state index contributed by atoms with van der Waals surface area (Å²) >= 11 is 0. The molecule has 1 saturated heterocycles. The lowest BCUT2D eigenvalue weighted by Gasteiger charge is -2.20. The Bertz CT molecular complexity index is 426. The van der Waals surface area contributed by atoms with Crippen LogP contribution in [-0.2, 0) is 0 Å². The summed E-state index contributed by atoms with van der Waals surface area (Å²) in [6, 6.07) is 7.12. The Morgan fingerprint density at radius 2 is 1.82 bits per heavy atom. The second-order valence-corrected chi connectivity index (χ2v) is 4.04. The minimum atomic E-state index is -0.768. The number of benzene rings is 1. The van der Waals surface area contributed by atoms with Gasteiger partial charge in [0.15, 0.2) is 5.84 Å². The monoisotopic (exact) mass is 237 g/mol. The average Bonchev–Trinajstić information content (AvgIpc) is 2.68. The Labute approximate surface area is 98.6 Å². The highest BCUT2D eigenvalue weighted by Crippen LogP contribution is 2.24. The van der Waals surface area contributed by atoms with Crippen molar-refractivity contribution in [2.75, 3.05) is 18.0 Å². The van der Waals surface area contributed by atoms with E-state index < -0.39 is 12.2 Å². The van der Waals surface area contributed by atoms with Gasteiger partial charge in [-0.15, -0.1) is 0 Å². The predicted molar refractivity (Wildman–Crippen MR) is 63.2 cm³/mol. The molecule has 1 aliphatic rings. The molecule has 0 aliphatic carbocycles. The van der Waals surface area contributed by atoms with Crippen molar-refractivity contribution in [3.63, 3.8) is 0 Å². The van der Waals surface area contributed by atoms with Crippen LogP contribution in [0, 0.1) is 0 Å². The highest BCUT2D eigenvalue weighted by molar-refractivity contribution is 6.02. The predicted octanol–water partition coefficient (Wildman–Crippen LogP) is -0.677. The van der Waals surface area contributed by atoms with Gasteiger partial charge in [-0.2, -0.15) is 0 Å². The van der Waals surface area contributed by atoms with E-state index in [1.165, 1.54) is 0 Å². The van der Waals surface area contributed by atoms with Crippen LogP contribution < -0.4 is 10.6 Å². The van der Waals surface area contributed by atoms with Gasteiger partial charge < -0.3 is 26.1 Å². The van der Waals surface area contributed by atoms with Gasteiger partial charge in [-0.25, -0.2) is 0 Å². The van der Waals surface area contributed by atoms with E-state index in [4.69, 9.17) is 10.9 Å². The van der Waals surface area contributed by atoms with Gasteiger partial charge in [0.25, 0.3) is 0 Å². The molecule has 17 heavy (non-hydrogen) atoms. The smallest absolute Gasteiger partial charge is 0.172 e. The molecule has 0 spiro atoms. The first-order valence-corrected chi connectivity index (χ1v) is 5.31. The summed E-state index contributed by atoms with van der Waals surface area (Å²) in [5, 5.41) is 30.7. The van der Waals surface area contributed by atoms with E-state index in [9.17, 15) is 10.2 Å². The number of hydrogen-bond acceptors (Lipinski definition) is 5. The van der Waals surface area contributed by atoms with Gasteiger partial charge in [-0.1, -0.05) is 17.3 Å². The molecule has 6 nitrogen and oxygen atoms in total. The first kappa shape index (κ1) is 11.7. The summed E-state index contributed by atoms with van der Waals surface area (Å²) in [5.74, 6) is 0.0106. The SMILES string of the molecule is N/C(=N/O)c1ccccc1N1CC(O)C(O)C1. The molecular formula is C11H15N3O3. The molecule has 1 aromatic carbocycles. The summed E-state index contributed by atoms with van der Waals surface area (Å²) in [7, 11) is 0. The van der Waals surface area contributed by atoms with Gasteiger partial charge in [0.1, 0.15) is 0 Å². The number of anilines is 1. The van der Waals surface area contributed by atoms with Gasteiger partial charge in [-0.3, -0.25) is 0 Å². The molecule has 0 bridgehead atoms. The van der Waals surface area contributed by atoms with Crippen LogP contribution in [0.15, 0.2) is 29.4 Å². The van der Waals surface area contributed by atoms with Crippen LogP contribution in [0.25, 0.3) is 0 Å².